The average Bonchev–Trinajstić information content (AvgIpc) is 3.33. The Kier molecular flexibility index (Phi) is 6.43. The first kappa shape index (κ1) is 28.3. The Morgan fingerprint density at radius 2 is 1.84 bits per heavy atom. The van der Waals surface area contributed by atoms with E-state index in [-0.39, 0.29) is 31.1 Å². The van der Waals surface area contributed by atoms with Crippen molar-refractivity contribution in [1.29, 1.82) is 0 Å². The van der Waals surface area contributed by atoms with Crippen molar-refractivity contribution in [2.45, 2.75) is 77.6 Å². The molecule has 1 aromatic carbocycles. The zero-order chi connectivity index (χ0) is 30.3. The molecule has 2 aliphatic heterocycles. The Morgan fingerprint density at radius 1 is 1.09 bits per heavy atom. The van der Waals surface area contributed by atoms with Crippen LogP contribution in [-0.4, -0.2) is 80.9 Å². The van der Waals surface area contributed by atoms with E-state index < -0.39 is 22.9 Å². The molecule has 3 fully saturated rings. The molecule has 230 valence electrons. The number of nitrogens with one attached hydrogen (secondary N) is 1. The first-order chi connectivity index (χ1) is 20.4. The molecule has 2 saturated heterocycles. The average molecular weight is 596 g/mol. The molecular formula is C32H39F2N5O4. The fourth-order valence-electron chi connectivity index (χ4n) is 7.09. The number of carbonyl (C=O) groups excluding carboxylic acids is 2. The highest BCUT2D eigenvalue weighted by Crippen LogP contribution is 2.70. The standard InChI is InChI=1S/C32H39F2N5O4/c1-30(2,3)43-29(41)38-12-10-37(11-13-38)28(40)20-9-8-19-15-23(35-22(19)16-20)27-21-17-25-31(4,32(25,33)34)18-24(21)39(36-27)26-7-5-6-14-42-26/h8-9,15-16,25-26,35H,5-7,10-14,17-18H2,1-4H3. The van der Waals surface area contributed by atoms with Crippen LogP contribution in [-0.2, 0) is 22.3 Å². The molecule has 11 heteroatoms. The van der Waals surface area contributed by atoms with Gasteiger partial charge in [0.2, 0.25) is 0 Å². The number of piperazine rings is 1. The molecule has 1 N–H and O–H groups in total. The van der Waals surface area contributed by atoms with Crippen LogP contribution >= 0.6 is 0 Å². The summed E-state index contributed by atoms with van der Waals surface area (Å²) in [5.41, 5.74) is 2.90. The van der Waals surface area contributed by atoms with Crippen molar-refractivity contribution >= 4 is 22.9 Å². The summed E-state index contributed by atoms with van der Waals surface area (Å²) in [4.78, 5) is 32.6. The third-order valence-electron chi connectivity index (χ3n) is 9.72. The molecular weight excluding hydrogens is 556 g/mol. The van der Waals surface area contributed by atoms with Gasteiger partial charge >= 0.3 is 6.09 Å². The molecule has 4 aliphatic rings. The van der Waals surface area contributed by atoms with E-state index in [1.54, 1.807) is 16.7 Å². The lowest BCUT2D eigenvalue weighted by Gasteiger charge is -2.35. The number of ether oxygens (including phenoxy) is 2. The molecule has 2 aliphatic carbocycles. The second kappa shape index (κ2) is 9.77. The van der Waals surface area contributed by atoms with E-state index in [9.17, 15) is 18.4 Å². The zero-order valence-corrected chi connectivity index (χ0v) is 25.2. The monoisotopic (exact) mass is 595 g/mol. The van der Waals surface area contributed by atoms with E-state index in [2.05, 4.69) is 4.98 Å². The van der Waals surface area contributed by atoms with Gasteiger partial charge in [0.1, 0.15) is 17.5 Å². The number of aromatic nitrogens is 3. The van der Waals surface area contributed by atoms with E-state index in [0.717, 1.165) is 47.1 Å². The quantitative estimate of drug-likeness (QED) is 0.414. The van der Waals surface area contributed by atoms with Gasteiger partial charge in [-0.05, 0) is 64.7 Å². The van der Waals surface area contributed by atoms with Crippen molar-refractivity contribution in [3.63, 3.8) is 0 Å². The third-order valence-corrected chi connectivity index (χ3v) is 9.72. The predicted molar refractivity (Wildman–Crippen MR) is 156 cm³/mol. The van der Waals surface area contributed by atoms with Crippen LogP contribution in [0.15, 0.2) is 24.3 Å². The minimum absolute atomic E-state index is 0.103. The summed E-state index contributed by atoms with van der Waals surface area (Å²) in [5.74, 6) is -3.47. The summed E-state index contributed by atoms with van der Waals surface area (Å²) >= 11 is 0. The van der Waals surface area contributed by atoms with Crippen molar-refractivity contribution in [3.8, 4) is 11.4 Å². The fourth-order valence-corrected chi connectivity index (χ4v) is 7.09. The summed E-state index contributed by atoms with van der Waals surface area (Å²) in [6.07, 6.45) is 2.79. The number of fused-ring (bicyclic) bond motifs is 3. The van der Waals surface area contributed by atoms with Crippen LogP contribution in [0.4, 0.5) is 13.6 Å². The largest absolute Gasteiger partial charge is 0.444 e. The van der Waals surface area contributed by atoms with Crippen molar-refractivity contribution in [1.82, 2.24) is 24.6 Å². The highest BCUT2D eigenvalue weighted by molar-refractivity contribution is 5.99. The van der Waals surface area contributed by atoms with Crippen molar-refractivity contribution in [2.24, 2.45) is 11.3 Å². The molecule has 4 heterocycles. The first-order valence-corrected chi connectivity index (χ1v) is 15.4. The molecule has 3 aromatic rings. The Morgan fingerprint density at radius 3 is 2.53 bits per heavy atom. The number of aromatic amines is 1. The number of hydrogen-bond acceptors (Lipinski definition) is 5. The van der Waals surface area contributed by atoms with Crippen molar-refractivity contribution < 1.29 is 27.8 Å². The molecule has 7 rings (SSSR count). The summed E-state index contributed by atoms with van der Waals surface area (Å²) < 4.78 is 43.1. The molecule has 2 aromatic heterocycles. The second-order valence-corrected chi connectivity index (χ2v) is 13.8. The van der Waals surface area contributed by atoms with E-state index in [0.29, 0.717) is 44.0 Å². The van der Waals surface area contributed by atoms with Gasteiger partial charge in [-0.25, -0.2) is 18.3 Å². The number of carbonyl (C=O) groups is 2. The lowest BCUT2D eigenvalue weighted by molar-refractivity contribution is -0.0418. The van der Waals surface area contributed by atoms with E-state index in [4.69, 9.17) is 14.6 Å². The Bertz CT molecular complexity index is 1590. The second-order valence-electron chi connectivity index (χ2n) is 13.8. The summed E-state index contributed by atoms with van der Waals surface area (Å²) in [6, 6.07) is 7.53. The predicted octanol–water partition coefficient (Wildman–Crippen LogP) is 5.79. The van der Waals surface area contributed by atoms with E-state index in [1.807, 2.05) is 49.7 Å². The van der Waals surface area contributed by atoms with Crippen LogP contribution < -0.4 is 0 Å². The maximum absolute atomic E-state index is 14.9. The van der Waals surface area contributed by atoms with E-state index >= 15 is 0 Å². The number of benzene rings is 1. The van der Waals surface area contributed by atoms with Crippen LogP contribution in [0, 0.1) is 11.3 Å². The minimum atomic E-state index is -2.68. The van der Waals surface area contributed by atoms with Gasteiger partial charge in [-0.15, -0.1) is 0 Å². The molecule has 1 saturated carbocycles. The topological polar surface area (TPSA) is 92.7 Å². The van der Waals surface area contributed by atoms with Gasteiger partial charge in [0.15, 0.2) is 0 Å². The van der Waals surface area contributed by atoms with Crippen LogP contribution in [0.5, 0.6) is 0 Å². The highest BCUT2D eigenvalue weighted by Gasteiger charge is 2.78. The normalized spacial score (nSPS) is 26.7. The minimum Gasteiger partial charge on any atom is -0.444 e. The lowest BCUT2D eigenvalue weighted by Crippen LogP contribution is -2.51. The third kappa shape index (κ3) is 4.71. The number of rotatable bonds is 3. The zero-order valence-electron chi connectivity index (χ0n) is 25.2. The molecule has 0 bridgehead atoms. The Labute approximate surface area is 249 Å². The van der Waals surface area contributed by atoms with Gasteiger partial charge in [-0.2, -0.15) is 5.10 Å². The number of H-pyrrole nitrogens is 1. The maximum atomic E-state index is 14.9. The van der Waals surface area contributed by atoms with Crippen LogP contribution in [0.25, 0.3) is 22.3 Å². The molecule has 0 radical (unpaired) electrons. The van der Waals surface area contributed by atoms with Crippen LogP contribution in [0.2, 0.25) is 0 Å². The summed E-state index contributed by atoms with van der Waals surface area (Å²) in [5, 5.41) is 5.90. The van der Waals surface area contributed by atoms with Gasteiger partial charge in [0, 0.05) is 78.3 Å². The number of alkyl halides is 2. The SMILES string of the molecule is CC(C)(C)OC(=O)N1CCN(C(=O)c2ccc3cc(-c4nn(C5CCCCO5)c5c4CC4C(F)(F)C4(C)C5)[nH]c3c2)CC1. The maximum Gasteiger partial charge on any atom is 0.410 e. The highest BCUT2D eigenvalue weighted by atomic mass is 19.3. The number of halogens is 2. The van der Waals surface area contributed by atoms with Crippen LogP contribution in [0.1, 0.15) is 74.8 Å². The lowest BCUT2D eigenvalue weighted by atomic mass is 9.87. The van der Waals surface area contributed by atoms with Crippen molar-refractivity contribution in [2.75, 3.05) is 32.8 Å². The molecule has 3 atom stereocenters. The molecule has 43 heavy (non-hydrogen) atoms. The van der Waals surface area contributed by atoms with Crippen molar-refractivity contribution in [3.05, 3.63) is 41.1 Å². The first-order valence-electron chi connectivity index (χ1n) is 15.4. The van der Waals surface area contributed by atoms with Gasteiger partial charge in [0.05, 0.1) is 5.69 Å². The summed E-state index contributed by atoms with van der Waals surface area (Å²) in [7, 11) is 0. The smallest absolute Gasteiger partial charge is 0.410 e. The Hall–Kier alpha value is -3.47. The Balaban J connectivity index is 1.13. The van der Waals surface area contributed by atoms with Gasteiger partial charge in [-0.1, -0.05) is 13.0 Å². The van der Waals surface area contributed by atoms with Gasteiger partial charge in [-0.3, -0.25) is 4.79 Å². The molecule has 3 unspecified atom stereocenters. The molecule has 2 amide bonds. The summed E-state index contributed by atoms with van der Waals surface area (Å²) in [6.45, 7) is 9.49. The number of hydrogen-bond donors (Lipinski definition) is 1. The number of nitrogens with zero attached hydrogens (tertiary/aromatic N) is 4. The fraction of sp³-hybridized carbons (Fsp3) is 0.594. The van der Waals surface area contributed by atoms with Gasteiger partial charge in [0.25, 0.3) is 11.8 Å². The molecule has 9 nitrogen and oxygen atoms in total. The van der Waals surface area contributed by atoms with Gasteiger partial charge < -0.3 is 24.3 Å². The number of amides is 2. The molecule has 0 spiro atoms. The van der Waals surface area contributed by atoms with E-state index in [1.165, 1.54) is 0 Å². The van der Waals surface area contributed by atoms with Crippen LogP contribution in [0.3, 0.4) is 0 Å².